The van der Waals surface area contributed by atoms with E-state index in [0.717, 1.165) is 0 Å². The van der Waals surface area contributed by atoms with Crippen molar-refractivity contribution in [2.45, 2.75) is 6.92 Å². The Kier molecular flexibility index (Phi) is 5.56. The first-order valence-electron chi connectivity index (χ1n) is 6.09. The third-order valence-electron chi connectivity index (χ3n) is 2.44. The SMILES string of the molecule is COc1cc(C=NN=C2NC(=O)CS2)cc(Br)c1OC(C)=O. The molecule has 1 aliphatic rings. The monoisotopic (exact) mass is 385 g/mol. The van der Waals surface area contributed by atoms with Crippen LogP contribution in [0.4, 0.5) is 0 Å². The highest BCUT2D eigenvalue weighted by molar-refractivity contribution is 9.10. The molecule has 1 heterocycles. The van der Waals surface area contributed by atoms with Crippen LogP contribution in [0.5, 0.6) is 11.5 Å². The molecule has 0 aromatic heterocycles. The van der Waals surface area contributed by atoms with Gasteiger partial charge in [0.25, 0.3) is 0 Å². The molecule has 1 amide bonds. The van der Waals surface area contributed by atoms with Crippen LogP contribution in [0.2, 0.25) is 0 Å². The van der Waals surface area contributed by atoms with Crippen molar-refractivity contribution < 1.29 is 19.1 Å². The van der Waals surface area contributed by atoms with Gasteiger partial charge in [0.05, 0.1) is 23.5 Å². The van der Waals surface area contributed by atoms with Crippen molar-refractivity contribution in [2.75, 3.05) is 12.9 Å². The summed E-state index contributed by atoms with van der Waals surface area (Å²) in [6.07, 6.45) is 1.50. The molecule has 0 aliphatic carbocycles. The number of thioether (sulfide) groups is 1. The third-order valence-corrected chi connectivity index (χ3v) is 3.89. The molecule has 1 aliphatic heterocycles. The molecule has 1 N–H and O–H groups in total. The maximum absolute atomic E-state index is 11.1. The summed E-state index contributed by atoms with van der Waals surface area (Å²) in [5.74, 6) is 0.513. The predicted octanol–water partition coefficient (Wildman–Crippen LogP) is 1.94. The molecule has 1 aromatic carbocycles. The number of carbonyl (C=O) groups excluding carboxylic acids is 2. The van der Waals surface area contributed by atoms with E-state index in [4.69, 9.17) is 9.47 Å². The minimum absolute atomic E-state index is 0.0888. The Bertz CT molecular complexity index is 675. The second-order valence-electron chi connectivity index (χ2n) is 4.11. The lowest BCUT2D eigenvalue weighted by molar-refractivity contribution is -0.132. The number of benzene rings is 1. The number of halogens is 1. The molecule has 0 atom stereocenters. The van der Waals surface area contributed by atoms with Crippen LogP contribution in [0.25, 0.3) is 0 Å². The van der Waals surface area contributed by atoms with E-state index in [1.807, 2.05) is 0 Å². The summed E-state index contributed by atoms with van der Waals surface area (Å²) in [6.45, 7) is 1.31. The van der Waals surface area contributed by atoms with E-state index >= 15 is 0 Å². The molecule has 1 aromatic rings. The van der Waals surface area contributed by atoms with Crippen molar-refractivity contribution in [3.63, 3.8) is 0 Å². The number of amides is 1. The van der Waals surface area contributed by atoms with Crippen LogP contribution >= 0.6 is 27.7 Å². The van der Waals surface area contributed by atoms with Gasteiger partial charge in [0.2, 0.25) is 5.91 Å². The van der Waals surface area contributed by atoms with Gasteiger partial charge >= 0.3 is 5.97 Å². The van der Waals surface area contributed by atoms with Gasteiger partial charge in [0.1, 0.15) is 0 Å². The average Bonchev–Trinajstić information content (AvgIpc) is 2.86. The van der Waals surface area contributed by atoms with Crippen LogP contribution in [-0.4, -0.2) is 36.1 Å². The number of carbonyl (C=O) groups is 2. The summed E-state index contributed by atoms with van der Waals surface area (Å²) in [5, 5.41) is 10.8. The van der Waals surface area contributed by atoms with Crippen LogP contribution in [-0.2, 0) is 9.59 Å². The van der Waals surface area contributed by atoms with E-state index in [1.54, 1.807) is 12.1 Å². The van der Waals surface area contributed by atoms with Gasteiger partial charge in [-0.15, -0.1) is 5.10 Å². The zero-order valence-corrected chi connectivity index (χ0v) is 14.2. The Balaban J connectivity index is 2.20. The Labute approximate surface area is 139 Å². The van der Waals surface area contributed by atoms with Gasteiger partial charge in [0.15, 0.2) is 16.7 Å². The molecule has 0 radical (unpaired) electrons. The second kappa shape index (κ2) is 7.41. The van der Waals surface area contributed by atoms with Crippen LogP contribution in [0.15, 0.2) is 26.8 Å². The van der Waals surface area contributed by atoms with Crippen molar-refractivity contribution in [1.29, 1.82) is 0 Å². The molecular weight excluding hydrogens is 374 g/mol. The van der Waals surface area contributed by atoms with Gasteiger partial charge in [-0.1, -0.05) is 11.8 Å². The number of nitrogens with one attached hydrogen (secondary N) is 1. The highest BCUT2D eigenvalue weighted by Gasteiger charge is 2.16. The first-order valence-corrected chi connectivity index (χ1v) is 7.87. The Morgan fingerprint density at radius 2 is 2.27 bits per heavy atom. The van der Waals surface area contributed by atoms with E-state index < -0.39 is 5.97 Å². The molecule has 0 bridgehead atoms. The van der Waals surface area contributed by atoms with E-state index in [2.05, 4.69) is 31.4 Å². The van der Waals surface area contributed by atoms with Gasteiger partial charge in [0, 0.05) is 6.92 Å². The van der Waals surface area contributed by atoms with Gasteiger partial charge in [-0.25, -0.2) is 0 Å². The molecule has 22 heavy (non-hydrogen) atoms. The maximum atomic E-state index is 11.1. The Hall–Kier alpha value is -1.87. The van der Waals surface area contributed by atoms with Crippen molar-refractivity contribution in [2.24, 2.45) is 10.2 Å². The van der Waals surface area contributed by atoms with Crippen LogP contribution in [0.1, 0.15) is 12.5 Å². The molecule has 0 spiro atoms. The van der Waals surface area contributed by atoms with Crippen molar-refractivity contribution >= 4 is 51.0 Å². The molecule has 9 heteroatoms. The zero-order chi connectivity index (χ0) is 16.1. The van der Waals surface area contributed by atoms with E-state index in [1.165, 1.54) is 32.0 Å². The molecule has 1 fully saturated rings. The lowest BCUT2D eigenvalue weighted by Crippen LogP contribution is -2.19. The van der Waals surface area contributed by atoms with E-state index in [0.29, 0.717) is 32.5 Å². The predicted molar refractivity (Wildman–Crippen MR) is 87.6 cm³/mol. The fraction of sp³-hybridized carbons (Fsp3) is 0.231. The number of ether oxygens (including phenoxy) is 2. The van der Waals surface area contributed by atoms with Crippen molar-refractivity contribution in [3.8, 4) is 11.5 Å². The maximum Gasteiger partial charge on any atom is 0.308 e. The van der Waals surface area contributed by atoms with Gasteiger partial charge in [-0.3, -0.25) is 9.59 Å². The number of methoxy groups -OCH3 is 1. The van der Waals surface area contributed by atoms with Gasteiger partial charge in [-0.05, 0) is 33.6 Å². The van der Waals surface area contributed by atoms with Crippen LogP contribution in [0, 0.1) is 0 Å². The summed E-state index contributed by atoms with van der Waals surface area (Å²) in [5.41, 5.74) is 0.693. The summed E-state index contributed by atoms with van der Waals surface area (Å²) < 4.78 is 10.8. The van der Waals surface area contributed by atoms with Crippen LogP contribution < -0.4 is 14.8 Å². The van der Waals surface area contributed by atoms with E-state index in [9.17, 15) is 9.59 Å². The normalized spacial score (nSPS) is 16.1. The highest BCUT2D eigenvalue weighted by atomic mass is 79.9. The summed E-state index contributed by atoms with van der Waals surface area (Å²) in [6, 6.07) is 3.37. The van der Waals surface area contributed by atoms with Gasteiger partial charge < -0.3 is 14.8 Å². The number of esters is 1. The summed E-state index contributed by atoms with van der Waals surface area (Å²) in [7, 11) is 1.47. The number of rotatable bonds is 4. The molecule has 1 saturated heterocycles. The number of nitrogens with zero attached hydrogens (tertiary/aromatic N) is 2. The molecule has 116 valence electrons. The zero-order valence-electron chi connectivity index (χ0n) is 11.8. The molecule has 0 unspecified atom stereocenters. The van der Waals surface area contributed by atoms with Crippen molar-refractivity contribution in [3.05, 3.63) is 22.2 Å². The largest absolute Gasteiger partial charge is 0.493 e. The molecule has 0 saturated carbocycles. The van der Waals surface area contributed by atoms with Crippen LogP contribution in [0.3, 0.4) is 0 Å². The molecule has 7 nitrogen and oxygen atoms in total. The highest BCUT2D eigenvalue weighted by Crippen LogP contribution is 2.36. The minimum Gasteiger partial charge on any atom is -0.493 e. The summed E-state index contributed by atoms with van der Waals surface area (Å²) >= 11 is 4.61. The Morgan fingerprint density at radius 1 is 1.50 bits per heavy atom. The lowest BCUT2D eigenvalue weighted by atomic mass is 10.2. The fourth-order valence-corrected chi connectivity index (χ4v) is 2.76. The summed E-state index contributed by atoms with van der Waals surface area (Å²) in [4.78, 5) is 22.1. The minimum atomic E-state index is -0.444. The first-order chi connectivity index (χ1) is 10.5. The van der Waals surface area contributed by atoms with E-state index in [-0.39, 0.29) is 5.91 Å². The quantitative estimate of drug-likeness (QED) is 0.370. The smallest absolute Gasteiger partial charge is 0.308 e. The third kappa shape index (κ3) is 4.31. The lowest BCUT2D eigenvalue weighted by Gasteiger charge is -2.10. The number of hydrogen-bond donors (Lipinski definition) is 1. The fourth-order valence-electron chi connectivity index (χ4n) is 1.58. The number of amidine groups is 1. The average molecular weight is 386 g/mol. The molecule has 2 rings (SSSR count). The Morgan fingerprint density at radius 3 is 2.86 bits per heavy atom. The second-order valence-corrected chi connectivity index (χ2v) is 5.93. The topological polar surface area (TPSA) is 89.3 Å². The standard InChI is InChI=1S/C13H12BrN3O4S/c1-7(18)21-12-9(14)3-8(4-10(12)20-2)5-15-17-13-16-11(19)6-22-13/h3-5H,6H2,1-2H3,(H,16,17,19). The number of hydrogen-bond acceptors (Lipinski definition) is 7. The molecular formula is C13H12BrN3O4S. The van der Waals surface area contributed by atoms with Crippen molar-refractivity contribution in [1.82, 2.24) is 5.32 Å². The first kappa shape index (κ1) is 16.5. The van der Waals surface area contributed by atoms with Gasteiger partial charge in [-0.2, -0.15) is 5.10 Å².